The maximum atomic E-state index is 12.2. The molecule has 0 aliphatic rings. The van der Waals surface area contributed by atoms with E-state index in [0.717, 1.165) is 109 Å². The zero-order chi connectivity index (χ0) is 44.9. The minimum atomic E-state index is -0.791. The van der Waals surface area contributed by atoms with Gasteiger partial charge in [0.2, 0.25) is 0 Å². The van der Waals surface area contributed by atoms with E-state index < -0.39 is 6.10 Å². The molecule has 0 rings (SSSR count). The molecule has 0 aliphatic carbocycles. The minimum absolute atomic E-state index is 0.0873. The number of allylic oxidation sites excluding steroid dienone is 20. The number of hydrogen-bond donors (Lipinski definition) is 1. The Morgan fingerprint density at radius 1 is 0.371 bits per heavy atom. The molecule has 0 radical (unpaired) electrons. The molecule has 0 saturated carbocycles. The summed E-state index contributed by atoms with van der Waals surface area (Å²) in [5.41, 5.74) is 0. The van der Waals surface area contributed by atoms with Crippen LogP contribution in [-0.4, -0.2) is 36.4 Å². The van der Waals surface area contributed by atoms with Crippen molar-refractivity contribution >= 4 is 11.9 Å². The summed E-state index contributed by atoms with van der Waals surface area (Å²) in [6, 6.07) is 0. The van der Waals surface area contributed by atoms with Crippen molar-refractivity contribution in [2.24, 2.45) is 0 Å². The highest BCUT2D eigenvalue weighted by Crippen LogP contribution is 2.14. The zero-order valence-corrected chi connectivity index (χ0v) is 39.8. The molecule has 1 N–H and O–H groups in total. The third-order valence-electron chi connectivity index (χ3n) is 10.3. The number of rotatable bonds is 44. The van der Waals surface area contributed by atoms with Gasteiger partial charge < -0.3 is 14.6 Å². The molecule has 0 aromatic carbocycles. The Morgan fingerprint density at radius 2 is 0.645 bits per heavy atom. The van der Waals surface area contributed by atoms with Crippen LogP contribution in [0.3, 0.4) is 0 Å². The van der Waals surface area contributed by atoms with Crippen molar-refractivity contribution in [3.05, 3.63) is 122 Å². The normalized spacial score (nSPS) is 13.3. The number of hydrogen-bond acceptors (Lipinski definition) is 5. The van der Waals surface area contributed by atoms with Gasteiger partial charge in [-0.15, -0.1) is 0 Å². The van der Waals surface area contributed by atoms with Gasteiger partial charge in [0, 0.05) is 12.8 Å². The quantitative estimate of drug-likeness (QED) is 0.0375. The second-order valence-corrected chi connectivity index (χ2v) is 16.1. The molecular weight excluding hydrogens is 765 g/mol. The van der Waals surface area contributed by atoms with E-state index >= 15 is 0 Å². The van der Waals surface area contributed by atoms with Gasteiger partial charge in [-0.2, -0.15) is 0 Å². The Hall–Kier alpha value is -3.70. The molecule has 0 aliphatic heterocycles. The Labute approximate surface area is 382 Å². The van der Waals surface area contributed by atoms with Crippen molar-refractivity contribution < 1.29 is 24.2 Å². The summed E-state index contributed by atoms with van der Waals surface area (Å²) in [7, 11) is 0. The van der Waals surface area contributed by atoms with Crippen molar-refractivity contribution in [1.82, 2.24) is 0 Å². The number of ether oxygens (including phenoxy) is 2. The minimum Gasteiger partial charge on any atom is -0.462 e. The van der Waals surface area contributed by atoms with Crippen LogP contribution < -0.4 is 0 Å². The molecule has 5 heteroatoms. The Morgan fingerprint density at radius 3 is 0.984 bits per heavy atom. The van der Waals surface area contributed by atoms with Crippen LogP contribution in [0.5, 0.6) is 0 Å². The number of carbonyl (C=O) groups is 2. The van der Waals surface area contributed by atoms with Crippen molar-refractivity contribution in [2.45, 2.75) is 213 Å². The first-order valence-corrected chi connectivity index (χ1v) is 25.1. The van der Waals surface area contributed by atoms with Gasteiger partial charge in [-0.25, -0.2) is 0 Å². The lowest BCUT2D eigenvalue weighted by atomic mass is 10.0. The Kier molecular flexibility index (Phi) is 48.6. The molecule has 1 unspecified atom stereocenters. The molecule has 62 heavy (non-hydrogen) atoms. The highest BCUT2D eigenvalue weighted by molar-refractivity contribution is 5.70. The molecule has 0 heterocycles. The molecule has 0 saturated heterocycles. The second-order valence-electron chi connectivity index (χ2n) is 16.1. The number of aliphatic hydroxyl groups is 1. The summed E-state index contributed by atoms with van der Waals surface area (Å²) in [6.07, 6.45) is 75.9. The molecule has 5 nitrogen and oxygen atoms in total. The van der Waals surface area contributed by atoms with Crippen LogP contribution in [0.15, 0.2) is 122 Å². The first-order valence-electron chi connectivity index (χ1n) is 25.1. The monoisotopic (exact) mass is 857 g/mol. The van der Waals surface area contributed by atoms with Crippen LogP contribution in [0.1, 0.15) is 206 Å². The fraction of sp³-hybridized carbons (Fsp3) is 0.614. The molecule has 1 atom stereocenters. The predicted molar refractivity (Wildman–Crippen MR) is 269 cm³/mol. The molecular formula is C57H92O5. The SMILES string of the molecule is CC/C=C\C/C=C\C/C=C\C/C=C\C/C=C\C/C=C\C/C=C\CCCCCCCCCCCCCCCC(=O)OC(CO)COC(=O)CCCCC/C=C\C/C=C\C/C=C\CC. The second kappa shape index (κ2) is 51.6. The summed E-state index contributed by atoms with van der Waals surface area (Å²) < 4.78 is 10.6. The van der Waals surface area contributed by atoms with Gasteiger partial charge in [0.1, 0.15) is 6.61 Å². The number of carbonyl (C=O) groups excluding carboxylic acids is 2. The maximum absolute atomic E-state index is 12.2. The van der Waals surface area contributed by atoms with E-state index in [2.05, 4.69) is 135 Å². The molecule has 0 aromatic rings. The van der Waals surface area contributed by atoms with Crippen LogP contribution in [0.4, 0.5) is 0 Å². The maximum Gasteiger partial charge on any atom is 0.306 e. The van der Waals surface area contributed by atoms with Crippen LogP contribution in [0.25, 0.3) is 0 Å². The summed E-state index contributed by atoms with van der Waals surface area (Å²) in [5, 5.41) is 9.59. The standard InChI is InChI=1S/C57H92O5/c1-3-5-7-9-11-13-15-17-18-19-20-21-22-23-24-25-26-27-28-29-30-31-32-33-34-35-36-37-38-40-42-44-46-48-50-52-57(60)62-55(53-58)54-61-56(59)51-49-47-45-43-41-39-16-14-12-10-8-6-4-2/h5-8,11-14,17-18,20-21,23-24,26-27,29-30,39,41,55,58H,3-4,9-10,15-16,19,22,25,28,31-38,40,42-54H2,1-2H3/b7-5-,8-6-,13-11-,14-12-,18-17-,21-20-,24-23-,27-26-,30-29-,41-39-. The van der Waals surface area contributed by atoms with Gasteiger partial charge in [0.15, 0.2) is 6.10 Å². The molecule has 0 amide bonds. The predicted octanol–water partition coefficient (Wildman–Crippen LogP) is 16.7. The van der Waals surface area contributed by atoms with E-state index in [1.165, 1.54) is 70.6 Å². The van der Waals surface area contributed by atoms with E-state index in [1.807, 2.05) is 0 Å². The number of aliphatic hydroxyl groups excluding tert-OH is 1. The summed E-state index contributed by atoms with van der Waals surface area (Å²) in [5.74, 6) is -0.634. The lowest BCUT2D eigenvalue weighted by Crippen LogP contribution is -2.28. The van der Waals surface area contributed by atoms with Crippen LogP contribution in [0, 0.1) is 0 Å². The average molecular weight is 857 g/mol. The molecule has 0 spiro atoms. The van der Waals surface area contributed by atoms with Gasteiger partial charge in [-0.3, -0.25) is 9.59 Å². The summed E-state index contributed by atoms with van der Waals surface area (Å²) >= 11 is 0. The Balaban J connectivity index is 3.55. The Bertz CT molecular complexity index is 1290. The van der Waals surface area contributed by atoms with Gasteiger partial charge in [-0.05, 0) is 103 Å². The van der Waals surface area contributed by atoms with E-state index in [4.69, 9.17) is 9.47 Å². The first kappa shape index (κ1) is 58.3. The highest BCUT2D eigenvalue weighted by Gasteiger charge is 2.16. The third-order valence-corrected chi connectivity index (χ3v) is 10.3. The highest BCUT2D eigenvalue weighted by atomic mass is 16.6. The van der Waals surface area contributed by atoms with E-state index in [-0.39, 0.29) is 25.2 Å². The molecule has 0 fully saturated rings. The zero-order valence-electron chi connectivity index (χ0n) is 39.8. The third kappa shape index (κ3) is 49.0. The van der Waals surface area contributed by atoms with Crippen molar-refractivity contribution in [1.29, 1.82) is 0 Å². The lowest BCUT2D eigenvalue weighted by molar-refractivity contribution is -0.161. The largest absolute Gasteiger partial charge is 0.462 e. The van der Waals surface area contributed by atoms with E-state index in [0.29, 0.717) is 12.8 Å². The van der Waals surface area contributed by atoms with Gasteiger partial charge in [0.05, 0.1) is 6.61 Å². The van der Waals surface area contributed by atoms with Crippen molar-refractivity contribution in [2.75, 3.05) is 13.2 Å². The molecule has 0 aromatic heterocycles. The number of esters is 2. The summed E-state index contributed by atoms with van der Waals surface area (Å²) in [4.78, 5) is 24.3. The fourth-order valence-electron chi connectivity index (χ4n) is 6.55. The van der Waals surface area contributed by atoms with Gasteiger partial charge in [0.25, 0.3) is 0 Å². The van der Waals surface area contributed by atoms with Gasteiger partial charge >= 0.3 is 11.9 Å². The summed E-state index contributed by atoms with van der Waals surface area (Å²) in [6.45, 7) is 3.87. The van der Waals surface area contributed by atoms with Crippen molar-refractivity contribution in [3.8, 4) is 0 Å². The van der Waals surface area contributed by atoms with E-state index in [9.17, 15) is 14.7 Å². The lowest BCUT2D eigenvalue weighted by Gasteiger charge is -2.15. The van der Waals surface area contributed by atoms with Crippen molar-refractivity contribution in [3.63, 3.8) is 0 Å². The van der Waals surface area contributed by atoms with Crippen LogP contribution >= 0.6 is 0 Å². The average Bonchev–Trinajstić information content (AvgIpc) is 3.28. The molecule has 0 bridgehead atoms. The molecule has 350 valence electrons. The fourth-order valence-corrected chi connectivity index (χ4v) is 6.55. The van der Waals surface area contributed by atoms with Gasteiger partial charge in [-0.1, -0.05) is 212 Å². The smallest absolute Gasteiger partial charge is 0.306 e. The van der Waals surface area contributed by atoms with Crippen LogP contribution in [-0.2, 0) is 19.1 Å². The van der Waals surface area contributed by atoms with Crippen LogP contribution in [0.2, 0.25) is 0 Å². The number of unbranched alkanes of at least 4 members (excludes halogenated alkanes) is 16. The topological polar surface area (TPSA) is 72.8 Å². The first-order chi connectivity index (χ1) is 30.6. The van der Waals surface area contributed by atoms with E-state index in [1.54, 1.807) is 0 Å².